The molecule has 0 unspecified atom stereocenters. The summed E-state index contributed by atoms with van der Waals surface area (Å²) in [5.74, 6) is 0.610. The van der Waals surface area contributed by atoms with E-state index < -0.39 is 0 Å². The summed E-state index contributed by atoms with van der Waals surface area (Å²) in [4.78, 5) is 9.94. The van der Waals surface area contributed by atoms with Crippen LogP contribution >= 0.6 is 11.6 Å². The Kier molecular flexibility index (Phi) is 3.59. The van der Waals surface area contributed by atoms with Crippen LogP contribution < -0.4 is 4.90 Å². The van der Waals surface area contributed by atoms with Crippen molar-refractivity contribution in [1.29, 1.82) is 0 Å². The van der Waals surface area contributed by atoms with Crippen LogP contribution in [-0.4, -0.2) is 28.4 Å². The van der Waals surface area contributed by atoms with Gasteiger partial charge in [-0.2, -0.15) is 0 Å². The van der Waals surface area contributed by atoms with E-state index in [-0.39, 0.29) is 5.82 Å². The Hall–Kier alpha value is -0.900. The van der Waals surface area contributed by atoms with Crippen LogP contribution in [0.15, 0.2) is 6.33 Å². The Morgan fingerprint density at radius 1 is 1.50 bits per heavy atom. The van der Waals surface area contributed by atoms with Crippen molar-refractivity contribution in [3.63, 3.8) is 0 Å². The summed E-state index contributed by atoms with van der Waals surface area (Å²) in [6, 6.07) is 0.410. The van der Waals surface area contributed by atoms with Crippen molar-refractivity contribution in [3.05, 3.63) is 17.8 Å². The summed E-state index contributed by atoms with van der Waals surface area (Å²) in [6.07, 6.45) is 4.21. The molecule has 0 aromatic carbocycles. The third kappa shape index (κ3) is 2.26. The van der Waals surface area contributed by atoms with Crippen LogP contribution in [0.4, 0.5) is 10.2 Å². The third-order valence-electron chi connectivity index (χ3n) is 2.76. The second-order valence-electron chi connectivity index (χ2n) is 3.93. The van der Waals surface area contributed by atoms with E-state index in [1.54, 1.807) is 0 Å². The molecule has 88 valence electrons. The number of nitrogens with zero attached hydrogens (tertiary/aromatic N) is 3. The number of aromatic nitrogens is 2. The summed E-state index contributed by atoms with van der Waals surface area (Å²) in [6.45, 7) is 2.53. The Morgan fingerprint density at radius 2 is 2.25 bits per heavy atom. The Bertz CT molecular complexity index is 368. The SMILES string of the molecule is CCc1ncnc(N(CCCl)C2CC2)c1F. The van der Waals surface area contributed by atoms with Crippen LogP contribution in [0.3, 0.4) is 0 Å². The number of alkyl halides is 1. The third-order valence-corrected chi connectivity index (χ3v) is 2.93. The van der Waals surface area contributed by atoms with E-state index in [4.69, 9.17) is 11.6 Å². The minimum absolute atomic E-state index is 0.290. The van der Waals surface area contributed by atoms with E-state index in [0.29, 0.717) is 36.4 Å². The summed E-state index contributed by atoms with van der Waals surface area (Å²) < 4.78 is 14.0. The lowest BCUT2D eigenvalue weighted by molar-refractivity contribution is 0.583. The van der Waals surface area contributed by atoms with E-state index in [9.17, 15) is 4.39 Å². The van der Waals surface area contributed by atoms with Crippen molar-refractivity contribution in [2.24, 2.45) is 0 Å². The maximum absolute atomic E-state index is 14.0. The average molecular weight is 244 g/mol. The van der Waals surface area contributed by atoms with E-state index in [1.165, 1.54) is 6.33 Å². The molecule has 0 spiro atoms. The highest BCUT2D eigenvalue weighted by Crippen LogP contribution is 2.32. The van der Waals surface area contributed by atoms with Gasteiger partial charge in [-0.05, 0) is 19.3 Å². The van der Waals surface area contributed by atoms with Gasteiger partial charge in [-0.3, -0.25) is 0 Å². The van der Waals surface area contributed by atoms with Crippen molar-refractivity contribution < 1.29 is 4.39 Å². The van der Waals surface area contributed by atoms with Gasteiger partial charge in [0.25, 0.3) is 0 Å². The van der Waals surface area contributed by atoms with Crippen LogP contribution in [0.25, 0.3) is 0 Å². The maximum atomic E-state index is 14.0. The maximum Gasteiger partial charge on any atom is 0.187 e. The zero-order valence-electron chi connectivity index (χ0n) is 9.29. The highest BCUT2D eigenvalue weighted by molar-refractivity contribution is 6.18. The average Bonchev–Trinajstić information content (AvgIpc) is 3.11. The molecule has 16 heavy (non-hydrogen) atoms. The molecule has 0 radical (unpaired) electrons. The molecule has 2 rings (SSSR count). The number of aryl methyl sites for hydroxylation is 1. The Labute approximate surface area is 99.6 Å². The van der Waals surface area contributed by atoms with Gasteiger partial charge in [0.05, 0.1) is 5.69 Å². The zero-order valence-corrected chi connectivity index (χ0v) is 10.0. The minimum Gasteiger partial charge on any atom is -0.350 e. The molecule has 0 bridgehead atoms. The molecule has 1 aliphatic rings. The standard InChI is InChI=1S/C11H15ClFN3/c1-2-9-10(13)11(15-7-14-9)16(6-5-12)8-3-4-8/h7-8H,2-6H2,1H3. The van der Waals surface area contributed by atoms with Gasteiger partial charge >= 0.3 is 0 Å². The van der Waals surface area contributed by atoms with Crippen molar-refractivity contribution in [2.75, 3.05) is 17.3 Å². The molecular weight excluding hydrogens is 229 g/mol. The molecule has 0 aliphatic heterocycles. The van der Waals surface area contributed by atoms with Crippen LogP contribution in [0.1, 0.15) is 25.5 Å². The Morgan fingerprint density at radius 3 is 2.81 bits per heavy atom. The summed E-state index contributed by atoms with van der Waals surface area (Å²) in [5, 5.41) is 0. The molecule has 1 heterocycles. The topological polar surface area (TPSA) is 29.0 Å². The first kappa shape index (κ1) is 11.6. The molecule has 0 atom stereocenters. The predicted molar refractivity (Wildman–Crippen MR) is 62.5 cm³/mol. The molecule has 0 N–H and O–H groups in total. The van der Waals surface area contributed by atoms with Gasteiger partial charge in [0.15, 0.2) is 11.6 Å². The molecule has 1 aromatic heterocycles. The monoisotopic (exact) mass is 243 g/mol. The molecule has 1 fully saturated rings. The van der Waals surface area contributed by atoms with E-state index in [0.717, 1.165) is 12.8 Å². The lowest BCUT2D eigenvalue weighted by Crippen LogP contribution is -2.30. The Balaban J connectivity index is 2.29. The lowest BCUT2D eigenvalue weighted by Gasteiger charge is -2.23. The molecule has 1 saturated carbocycles. The van der Waals surface area contributed by atoms with Crippen LogP contribution in [0.2, 0.25) is 0 Å². The van der Waals surface area contributed by atoms with E-state index in [2.05, 4.69) is 9.97 Å². The van der Waals surface area contributed by atoms with Crippen molar-refractivity contribution >= 4 is 17.4 Å². The molecule has 3 nitrogen and oxygen atoms in total. The van der Waals surface area contributed by atoms with Crippen molar-refractivity contribution in [2.45, 2.75) is 32.2 Å². The predicted octanol–water partition coefficient (Wildman–Crippen LogP) is 2.39. The molecule has 1 aliphatic carbocycles. The van der Waals surface area contributed by atoms with Crippen LogP contribution in [0, 0.1) is 5.82 Å². The summed E-state index contributed by atoms with van der Waals surface area (Å²) >= 11 is 5.74. The fourth-order valence-electron chi connectivity index (χ4n) is 1.78. The number of hydrogen-bond donors (Lipinski definition) is 0. The first-order chi connectivity index (χ1) is 7.77. The number of halogens is 2. The highest BCUT2D eigenvalue weighted by Gasteiger charge is 2.31. The first-order valence-corrected chi connectivity index (χ1v) is 6.13. The van der Waals surface area contributed by atoms with Gasteiger partial charge < -0.3 is 4.90 Å². The number of hydrogen-bond acceptors (Lipinski definition) is 3. The van der Waals surface area contributed by atoms with E-state index >= 15 is 0 Å². The summed E-state index contributed by atoms with van der Waals surface area (Å²) in [5.41, 5.74) is 0.477. The van der Waals surface area contributed by atoms with Crippen LogP contribution in [-0.2, 0) is 6.42 Å². The summed E-state index contributed by atoms with van der Waals surface area (Å²) in [7, 11) is 0. The van der Waals surface area contributed by atoms with Gasteiger partial charge in [-0.15, -0.1) is 11.6 Å². The smallest absolute Gasteiger partial charge is 0.187 e. The van der Waals surface area contributed by atoms with Crippen molar-refractivity contribution in [1.82, 2.24) is 9.97 Å². The second kappa shape index (κ2) is 4.95. The first-order valence-electron chi connectivity index (χ1n) is 5.60. The van der Waals surface area contributed by atoms with Gasteiger partial charge in [0.1, 0.15) is 6.33 Å². The number of anilines is 1. The molecule has 1 aromatic rings. The molecule has 5 heteroatoms. The molecular formula is C11H15ClFN3. The van der Waals surface area contributed by atoms with Gasteiger partial charge in [0, 0.05) is 18.5 Å². The van der Waals surface area contributed by atoms with Gasteiger partial charge in [-0.25, -0.2) is 14.4 Å². The minimum atomic E-state index is -0.290. The van der Waals surface area contributed by atoms with E-state index in [1.807, 2.05) is 11.8 Å². The second-order valence-corrected chi connectivity index (χ2v) is 4.30. The quantitative estimate of drug-likeness (QED) is 0.744. The van der Waals surface area contributed by atoms with Gasteiger partial charge in [0.2, 0.25) is 0 Å². The molecule has 0 amide bonds. The zero-order chi connectivity index (χ0) is 11.5. The fourth-order valence-corrected chi connectivity index (χ4v) is 1.96. The normalized spacial score (nSPS) is 15.2. The fraction of sp³-hybridized carbons (Fsp3) is 0.636. The van der Waals surface area contributed by atoms with Crippen molar-refractivity contribution in [3.8, 4) is 0 Å². The lowest BCUT2D eigenvalue weighted by atomic mass is 10.3. The van der Waals surface area contributed by atoms with Gasteiger partial charge in [-0.1, -0.05) is 6.92 Å². The largest absolute Gasteiger partial charge is 0.350 e. The highest BCUT2D eigenvalue weighted by atomic mass is 35.5. The number of rotatable bonds is 5. The molecule has 0 saturated heterocycles. The van der Waals surface area contributed by atoms with Crippen LogP contribution in [0.5, 0.6) is 0 Å².